The van der Waals surface area contributed by atoms with E-state index in [1.807, 2.05) is 6.07 Å². The van der Waals surface area contributed by atoms with Crippen LogP contribution in [0.4, 0.5) is 4.39 Å². The summed E-state index contributed by atoms with van der Waals surface area (Å²) in [4.78, 5) is 0. The fourth-order valence-electron chi connectivity index (χ4n) is 2.48. The molecule has 1 saturated heterocycles. The van der Waals surface area contributed by atoms with Crippen molar-refractivity contribution < 1.29 is 9.13 Å². The lowest BCUT2D eigenvalue weighted by Crippen LogP contribution is -2.40. The zero-order chi connectivity index (χ0) is 11.6. The van der Waals surface area contributed by atoms with E-state index in [9.17, 15) is 4.39 Å². The summed E-state index contributed by atoms with van der Waals surface area (Å²) < 4.78 is 18.3. The first kappa shape index (κ1) is 11.6. The van der Waals surface area contributed by atoms with Gasteiger partial charge < -0.3 is 10.1 Å². The van der Waals surface area contributed by atoms with Gasteiger partial charge >= 0.3 is 0 Å². The maximum Gasteiger partial charge on any atom is 0.123 e. The van der Waals surface area contributed by atoms with Crippen LogP contribution < -0.4 is 5.32 Å². The summed E-state index contributed by atoms with van der Waals surface area (Å²) in [6, 6.07) is 6.88. The van der Waals surface area contributed by atoms with Crippen molar-refractivity contribution in [2.45, 2.75) is 24.8 Å². The van der Waals surface area contributed by atoms with Crippen LogP contribution >= 0.6 is 0 Å². The van der Waals surface area contributed by atoms with Crippen LogP contribution in [0.5, 0.6) is 0 Å². The molecule has 1 fully saturated rings. The molecule has 0 aromatic heterocycles. The number of methoxy groups -OCH3 is 1. The van der Waals surface area contributed by atoms with Crippen molar-refractivity contribution >= 4 is 0 Å². The Morgan fingerprint density at radius 2 is 2.38 bits per heavy atom. The van der Waals surface area contributed by atoms with Crippen molar-refractivity contribution in [2.75, 3.05) is 20.3 Å². The average molecular weight is 223 g/mol. The normalized spacial score (nSPS) is 29.6. The van der Waals surface area contributed by atoms with Gasteiger partial charge in [-0.2, -0.15) is 0 Å². The predicted molar refractivity (Wildman–Crippen MR) is 62.0 cm³/mol. The summed E-state index contributed by atoms with van der Waals surface area (Å²) in [7, 11) is 1.71. The highest BCUT2D eigenvalue weighted by Crippen LogP contribution is 2.32. The Hall–Kier alpha value is -0.930. The summed E-state index contributed by atoms with van der Waals surface area (Å²) in [6.45, 7) is 3.73. The highest BCUT2D eigenvalue weighted by atomic mass is 19.1. The monoisotopic (exact) mass is 223 g/mol. The minimum atomic E-state index is -0.155. The Labute approximate surface area is 95.8 Å². The van der Waals surface area contributed by atoms with Crippen LogP contribution in [0, 0.1) is 5.82 Å². The molecular formula is C13H18FNO. The number of hydrogen-bond donors (Lipinski definition) is 1. The third kappa shape index (κ3) is 2.42. The zero-order valence-electron chi connectivity index (χ0n) is 9.79. The lowest BCUT2D eigenvalue weighted by atomic mass is 9.90. The molecule has 1 aliphatic rings. The molecule has 0 amide bonds. The molecule has 1 aromatic rings. The lowest BCUT2D eigenvalue weighted by Gasteiger charge is -2.23. The van der Waals surface area contributed by atoms with Gasteiger partial charge in [-0.1, -0.05) is 12.1 Å². The highest BCUT2D eigenvalue weighted by Gasteiger charge is 2.35. The molecule has 0 bridgehead atoms. The Morgan fingerprint density at radius 1 is 1.56 bits per heavy atom. The van der Waals surface area contributed by atoms with Gasteiger partial charge in [-0.25, -0.2) is 4.39 Å². The van der Waals surface area contributed by atoms with E-state index in [0.717, 1.165) is 18.5 Å². The minimum Gasteiger partial charge on any atom is -0.383 e. The molecular weight excluding hydrogens is 205 g/mol. The second kappa shape index (κ2) is 4.52. The first-order chi connectivity index (χ1) is 7.63. The third-order valence-corrected chi connectivity index (χ3v) is 3.26. The van der Waals surface area contributed by atoms with Gasteiger partial charge in [0.25, 0.3) is 0 Å². The Kier molecular flexibility index (Phi) is 3.26. The van der Waals surface area contributed by atoms with Gasteiger partial charge in [0.05, 0.1) is 6.61 Å². The molecule has 0 radical (unpaired) electrons. The van der Waals surface area contributed by atoms with E-state index in [1.54, 1.807) is 19.2 Å². The van der Waals surface area contributed by atoms with Crippen molar-refractivity contribution in [1.29, 1.82) is 0 Å². The van der Waals surface area contributed by atoms with Crippen molar-refractivity contribution in [3.05, 3.63) is 35.6 Å². The molecule has 88 valence electrons. The molecule has 0 aliphatic carbocycles. The first-order valence-electron chi connectivity index (χ1n) is 5.62. The Bertz CT molecular complexity index is 369. The molecule has 1 N–H and O–H groups in total. The molecule has 1 aromatic carbocycles. The number of nitrogens with one attached hydrogen (secondary N) is 1. The van der Waals surface area contributed by atoms with Crippen molar-refractivity contribution in [1.82, 2.24) is 5.32 Å². The van der Waals surface area contributed by atoms with E-state index >= 15 is 0 Å². The smallest absolute Gasteiger partial charge is 0.123 e. The van der Waals surface area contributed by atoms with Crippen LogP contribution in [0.1, 0.15) is 24.8 Å². The molecule has 2 unspecified atom stereocenters. The Balaban J connectivity index is 2.09. The molecule has 0 saturated carbocycles. The fraction of sp³-hybridized carbons (Fsp3) is 0.538. The van der Waals surface area contributed by atoms with Gasteiger partial charge in [0.15, 0.2) is 0 Å². The van der Waals surface area contributed by atoms with E-state index in [2.05, 4.69) is 12.2 Å². The number of halogens is 1. The standard InChI is InChI=1S/C13H18FNO/c1-13(9-16-2)7-11(8-15-13)10-4-3-5-12(14)6-10/h3-6,11,15H,7-9H2,1-2H3. The summed E-state index contributed by atoms with van der Waals surface area (Å²) in [6.07, 6.45) is 0.990. The predicted octanol–water partition coefficient (Wildman–Crippen LogP) is 2.31. The van der Waals surface area contributed by atoms with Crippen LogP contribution in [0.3, 0.4) is 0 Å². The lowest BCUT2D eigenvalue weighted by molar-refractivity contribution is 0.129. The van der Waals surface area contributed by atoms with E-state index in [4.69, 9.17) is 4.74 Å². The molecule has 1 heterocycles. The first-order valence-corrected chi connectivity index (χ1v) is 5.62. The van der Waals surface area contributed by atoms with Crippen LogP contribution in [-0.2, 0) is 4.74 Å². The van der Waals surface area contributed by atoms with Gasteiger partial charge in [-0.3, -0.25) is 0 Å². The molecule has 1 aliphatic heterocycles. The van der Waals surface area contributed by atoms with Crippen molar-refractivity contribution in [3.63, 3.8) is 0 Å². The quantitative estimate of drug-likeness (QED) is 0.849. The number of hydrogen-bond acceptors (Lipinski definition) is 2. The Morgan fingerprint density at radius 3 is 3.06 bits per heavy atom. The van der Waals surface area contributed by atoms with Gasteiger partial charge in [-0.15, -0.1) is 0 Å². The maximum atomic E-state index is 13.1. The van der Waals surface area contributed by atoms with E-state index in [-0.39, 0.29) is 11.4 Å². The van der Waals surface area contributed by atoms with Crippen LogP contribution in [-0.4, -0.2) is 25.8 Å². The molecule has 2 atom stereocenters. The highest BCUT2D eigenvalue weighted by molar-refractivity contribution is 5.23. The zero-order valence-corrected chi connectivity index (χ0v) is 9.79. The third-order valence-electron chi connectivity index (χ3n) is 3.26. The summed E-state index contributed by atoms with van der Waals surface area (Å²) in [5.74, 6) is 0.230. The van der Waals surface area contributed by atoms with Crippen molar-refractivity contribution in [2.24, 2.45) is 0 Å². The van der Waals surface area contributed by atoms with Gasteiger partial charge in [0, 0.05) is 19.2 Å². The summed E-state index contributed by atoms with van der Waals surface area (Å²) >= 11 is 0. The molecule has 3 heteroatoms. The van der Waals surface area contributed by atoms with E-state index in [0.29, 0.717) is 12.5 Å². The topological polar surface area (TPSA) is 21.3 Å². The molecule has 16 heavy (non-hydrogen) atoms. The largest absolute Gasteiger partial charge is 0.383 e. The molecule has 0 spiro atoms. The SMILES string of the molecule is COCC1(C)CC(c2cccc(F)c2)CN1. The van der Waals surface area contributed by atoms with Gasteiger partial charge in [0.2, 0.25) is 0 Å². The number of ether oxygens (including phenoxy) is 1. The van der Waals surface area contributed by atoms with Crippen LogP contribution in [0.25, 0.3) is 0 Å². The fourth-order valence-corrected chi connectivity index (χ4v) is 2.48. The maximum absolute atomic E-state index is 13.1. The summed E-state index contributed by atoms with van der Waals surface area (Å²) in [5.41, 5.74) is 1.10. The molecule has 2 nitrogen and oxygen atoms in total. The van der Waals surface area contributed by atoms with Crippen LogP contribution in [0.15, 0.2) is 24.3 Å². The summed E-state index contributed by atoms with van der Waals surface area (Å²) in [5, 5.41) is 3.45. The van der Waals surface area contributed by atoms with Crippen molar-refractivity contribution in [3.8, 4) is 0 Å². The second-order valence-electron chi connectivity index (χ2n) is 4.83. The number of rotatable bonds is 3. The van der Waals surface area contributed by atoms with Gasteiger partial charge in [0.1, 0.15) is 5.82 Å². The molecule has 2 rings (SSSR count). The number of benzene rings is 1. The second-order valence-corrected chi connectivity index (χ2v) is 4.83. The average Bonchev–Trinajstić information content (AvgIpc) is 2.61. The van der Waals surface area contributed by atoms with E-state index < -0.39 is 0 Å². The minimum absolute atomic E-state index is 0.0196. The van der Waals surface area contributed by atoms with E-state index in [1.165, 1.54) is 6.07 Å². The van der Waals surface area contributed by atoms with Gasteiger partial charge in [-0.05, 0) is 37.0 Å². The van der Waals surface area contributed by atoms with Crippen LogP contribution in [0.2, 0.25) is 0 Å².